The zero-order valence-electron chi connectivity index (χ0n) is 8.93. The zero-order valence-corrected chi connectivity index (χ0v) is 8.93. The number of rotatable bonds is 2. The van der Waals surface area contributed by atoms with Crippen LogP contribution in [-0.2, 0) is 4.79 Å². The minimum absolute atomic E-state index is 0.0369. The van der Waals surface area contributed by atoms with Gasteiger partial charge in [0.1, 0.15) is 0 Å². The number of allylic oxidation sites excluding steroid dienone is 2. The van der Waals surface area contributed by atoms with Crippen molar-refractivity contribution < 1.29 is 4.79 Å². The Balaban J connectivity index is 4.80. The van der Waals surface area contributed by atoms with E-state index in [0.29, 0.717) is 0 Å². The average molecular weight is 169 g/mol. The van der Waals surface area contributed by atoms with Crippen LogP contribution in [0.3, 0.4) is 0 Å². The minimum atomic E-state index is 0.0369. The lowest BCUT2D eigenvalue weighted by Gasteiger charge is -2.29. The molecule has 0 aliphatic rings. The van der Waals surface area contributed by atoms with Crippen LogP contribution in [0.2, 0.25) is 0 Å². The summed E-state index contributed by atoms with van der Waals surface area (Å²) in [6.07, 6.45) is 1.69. The topological polar surface area (TPSA) is 20.3 Å². The molecule has 0 aliphatic heterocycles. The molecule has 0 saturated heterocycles. The highest BCUT2D eigenvalue weighted by Gasteiger charge is 2.18. The summed E-state index contributed by atoms with van der Waals surface area (Å²) in [4.78, 5) is 12.9. The molecule has 0 spiro atoms. The Labute approximate surface area is 75.3 Å². The molecule has 2 heteroatoms. The van der Waals surface area contributed by atoms with Gasteiger partial charge in [0, 0.05) is 31.3 Å². The van der Waals surface area contributed by atoms with Crippen LogP contribution >= 0.6 is 0 Å². The maximum Gasteiger partial charge on any atom is 0.154 e. The molecule has 0 rings (SSSR count). The molecule has 0 bridgehead atoms. The SMILES string of the molecule is CC(=O)C=C(N(C)C)C(C)(C)C. The summed E-state index contributed by atoms with van der Waals surface area (Å²) < 4.78 is 0. The molecule has 0 fully saturated rings. The second-order valence-corrected chi connectivity index (χ2v) is 4.28. The quantitative estimate of drug-likeness (QED) is 0.590. The summed E-state index contributed by atoms with van der Waals surface area (Å²) in [5, 5.41) is 0. The lowest BCUT2D eigenvalue weighted by Crippen LogP contribution is -2.24. The number of carbonyl (C=O) groups is 1. The first-order valence-electron chi connectivity index (χ1n) is 4.15. The summed E-state index contributed by atoms with van der Waals surface area (Å²) in [6, 6.07) is 0. The van der Waals surface area contributed by atoms with Crippen molar-refractivity contribution in [3.8, 4) is 0 Å². The number of nitrogens with zero attached hydrogens (tertiary/aromatic N) is 1. The highest BCUT2D eigenvalue weighted by atomic mass is 16.1. The van der Waals surface area contributed by atoms with Crippen molar-refractivity contribution >= 4 is 5.78 Å². The lowest BCUT2D eigenvalue weighted by molar-refractivity contribution is -0.112. The highest BCUT2D eigenvalue weighted by Crippen LogP contribution is 2.26. The number of ketones is 1. The lowest BCUT2D eigenvalue weighted by atomic mass is 9.90. The summed E-state index contributed by atoms with van der Waals surface area (Å²) in [5.41, 5.74) is 1.10. The van der Waals surface area contributed by atoms with Crippen molar-refractivity contribution in [1.29, 1.82) is 0 Å². The second kappa shape index (κ2) is 3.74. The Morgan fingerprint density at radius 1 is 1.25 bits per heavy atom. The van der Waals surface area contributed by atoms with Gasteiger partial charge >= 0.3 is 0 Å². The molecule has 0 saturated carbocycles. The van der Waals surface area contributed by atoms with Gasteiger partial charge < -0.3 is 4.90 Å². The van der Waals surface area contributed by atoms with Crippen molar-refractivity contribution in [3.05, 3.63) is 11.8 Å². The van der Waals surface area contributed by atoms with Crippen LogP contribution in [0.25, 0.3) is 0 Å². The monoisotopic (exact) mass is 169 g/mol. The summed E-state index contributed by atoms with van der Waals surface area (Å²) in [5.74, 6) is 0.105. The van der Waals surface area contributed by atoms with E-state index in [4.69, 9.17) is 0 Å². The molecule has 12 heavy (non-hydrogen) atoms. The molecule has 0 amide bonds. The molecule has 0 atom stereocenters. The van der Waals surface area contributed by atoms with E-state index in [2.05, 4.69) is 20.8 Å². The summed E-state index contributed by atoms with van der Waals surface area (Å²) >= 11 is 0. The predicted molar refractivity (Wildman–Crippen MR) is 51.9 cm³/mol. The predicted octanol–water partition coefficient (Wildman–Crippen LogP) is 2.07. The molecule has 0 aliphatic carbocycles. The number of hydrogen-bond acceptors (Lipinski definition) is 2. The zero-order chi connectivity index (χ0) is 9.94. The fraction of sp³-hybridized carbons (Fsp3) is 0.700. The molecule has 0 aromatic rings. The minimum Gasteiger partial charge on any atom is -0.380 e. The molecular formula is C10H19NO. The molecule has 0 heterocycles. The first-order chi connectivity index (χ1) is 5.25. The van der Waals surface area contributed by atoms with Gasteiger partial charge in [-0.15, -0.1) is 0 Å². The molecule has 0 aromatic heterocycles. The maximum atomic E-state index is 10.9. The molecule has 2 nitrogen and oxygen atoms in total. The van der Waals surface area contributed by atoms with Crippen LogP contribution in [0.4, 0.5) is 0 Å². The van der Waals surface area contributed by atoms with Gasteiger partial charge in [0.2, 0.25) is 0 Å². The largest absolute Gasteiger partial charge is 0.380 e. The summed E-state index contributed by atoms with van der Waals surface area (Å²) in [6.45, 7) is 7.88. The second-order valence-electron chi connectivity index (χ2n) is 4.28. The van der Waals surface area contributed by atoms with Gasteiger partial charge in [-0.3, -0.25) is 4.79 Å². The third-order valence-corrected chi connectivity index (χ3v) is 1.59. The smallest absolute Gasteiger partial charge is 0.154 e. The fourth-order valence-electron chi connectivity index (χ4n) is 1.21. The van der Waals surface area contributed by atoms with Gasteiger partial charge in [-0.05, 0) is 6.92 Å². The van der Waals surface area contributed by atoms with Gasteiger partial charge in [-0.2, -0.15) is 0 Å². The van der Waals surface area contributed by atoms with Crippen LogP contribution in [-0.4, -0.2) is 24.8 Å². The van der Waals surface area contributed by atoms with Crippen molar-refractivity contribution in [2.24, 2.45) is 5.41 Å². The first kappa shape index (κ1) is 11.2. The normalized spacial score (nSPS) is 13.0. The Bertz CT molecular complexity index is 196. The third kappa shape index (κ3) is 3.56. The van der Waals surface area contributed by atoms with Crippen molar-refractivity contribution in [1.82, 2.24) is 4.90 Å². The Morgan fingerprint density at radius 2 is 1.67 bits per heavy atom. The molecule has 0 radical (unpaired) electrons. The molecular weight excluding hydrogens is 150 g/mol. The van der Waals surface area contributed by atoms with E-state index in [9.17, 15) is 4.79 Å². The van der Waals surface area contributed by atoms with Gasteiger partial charge in [0.25, 0.3) is 0 Å². The average Bonchev–Trinajstić information content (AvgIpc) is 1.79. The van der Waals surface area contributed by atoms with E-state index in [-0.39, 0.29) is 11.2 Å². The van der Waals surface area contributed by atoms with Crippen LogP contribution in [0.15, 0.2) is 11.8 Å². The third-order valence-electron chi connectivity index (χ3n) is 1.59. The summed E-state index contributed by atoms with van der Waals surface area (Å²) in [7, 11) is 3.92. The van der Waals surface area contributed by atoms with Gasteiger partial charge in [0.15, 0.2) is 5.78 Å². The van der Waals surface area contributed by atoms with Crippen LogP contribution < -0.4 is 0 Å². The maximum absolute atomic E-state index is 10.9. The van der Waals surface area contributed by atoms with Crippen LogP contribution in [0.5, 0.6) is 0 Å². The Kier molecular flexibility index (Phi) is 3.50. The van der Waals surface area contributed by atoms with Gasteiger partial charge in [-0.1, -0.05) is 20.8 Å². The first-order valence-corrected chi connectivity index (χ1v) is 4.15. The van der Waals surface area contributed by atoms with Crippen molar-refractivity contribution in [2.45, 2.75) is 27.7 Å². The number of hydrogen-bond donors (Lipinski definition) is 0. The molecule has 0 unspecified atom stereocenters. The van der Waals surface area contributed by atoms with Gasteiger partial charge in [-0.25, -0.2) is 0 Å². The standard InChI is InChI=1S/C10H19NO/c1-8(12)7-9(11(5)6)10(2,3)4/h7H,1-6H3. The van der Waals surface area contributed by atoms with Gasteiger partial charge in [0.05, 0.1) is 0 Å². The van der Waals surface area contributed by atoms with Crippen LogP contribution in [0, 0.1) is 5.41 Å². The highest BCUT2D eigenvalue weighted by molar-refractivity contribution is 5.88. The van der Waals surface area contributed by atoms with Crippen LogP contribution in [0.1, 0.15) is 27.7 Å². The van der Waals surface area contributed by atoms with E-state index in [1.807, 2.05) is 19.0 Å². The Morgan fingerprint density at radius 3 is 1.75 bits per heavy atom. The van der Waals surface area contributed by atoms with E-state index in [0.717, 1.165) is 5.70 Å². The van der Waals surface area contributed by atoms with E-state index in [1.165, 1.54) is 0 Å². The molecule has 70 valence electrons. The molecule has 0 aromatic carbocycles. The Hall–Kier alpha value is -0.790. The molecule has 0 N–H and O–H groups in total. The fourth-order valence-corrected chi connectivity index (χ4v) is 1.21. The van der Waals surface area contributed by atoms with E-state index in [1.54, 1.807) is 13.0 Å². The van der Waals surface area contributed by atoms with Crippen molar-refractivity contribution in [2.75, 3.05) is 14.1 Å². The van der Waals surface area contributed by atoms with E-state index >= 15 is 0 Å². The van der Waals surface area contributed by atoms with Crippen molar-refractivity contribution in [3.63, 3.8) is 0 Å². The number of carbonyl (C=O) groups excluding carboxylic acids is 1. The van der Waals surface area contributed by atoms with E-state index < -0.39 is 0 Å².